The van der Waals surface area contributed by atoms with Crippen molar-refractivity contribution in [3.05, 3.63) is 49.7 Å². The summed E-state index contributed by atoms with van der Waals surface area (Å²) < 4.78 is 28.1. The zero-order valence-corrected chi connectivity index (χ0v) is 14.5. The Morgan fingerprint density at radius 1 is 1.42 bits per heavy atom. The van der Waals surface area contributed by atoms with E-state index in [9.17, 15) is 23.7 Å². The Balaban J connectivity index is 2.32. The number of benzene rings is 1. The maximum Gasteiger partial charge on any atom is 0.312 e. The molecule has 1 N–H and O–H groups in total. The number of nitrogens with one attached hydrogen (secondary N) is 1. The van der Waals surface area contributed by atoms with Gasteiger partial charge in [0.1, 0.15) is 23.2 Å². The molecule has 7 nitrogen and oxygen atoms in total. The third-order valence-corrected chi connectivity index (χ3v) is 4.10. The highest BCUT2D eigenvalue weighted by atomic mass is 79.9. The summed E-state index contributed by atoms with van der Waals surface area (Å²) in [7, 11) is 0. The Labute approximate surface area is 143 Å². The lowest BCUT2D eigenvalue weighted by atomic mass is 10.2. The molecule has 24 heavy (non-hydrogen) atoms. The molecule has 1 aromatic heterocycles. The number of aromatic nitrogens is 2. The molecule has 128 valence electrons. The number of nitrogens with zero attached hydrogens (tertiary/aromatic N) is 3. The van der Waals surface area contributed by atoms with Gasteiger partial charge in [0.15, 0.2) is 5.82 Å². The molecule has 2 rings (SSSR count). The highest BCUT2D eigenvalue weighted by Gasteiger charge is 2.27. The quantitative estimate of drug-likeness (QED) is 0.624. The number of carbonyl (C=O) groups excluding carboxylic acids is 1. The third-order valence-electron chi connectivity index (χ3n) is 3.47. The van der Waals surface area contributed by atoms with Crippen LogP contribution in [0.1, 0.15) is 24.4 Å². The Bertz CT molecular complexity index is 815. The molecule has 0 aliphatic heterocycles. The maximum absolute atomic E-state index is 13.8. The summed E-state index contributed by atoms with van der Waals surface area (Å²) in [6, 6.07) is 0.713. The second-order valence-corrected chi connectivity index (χ2v) is 5.99. The first kappa shape index (κ1) is 18.0. The predicted octanol–water partition coefficient (Wildman–Crippen LogP) is 3.65. The van der Waals surface area contributed by atoms with Crippen molar-refractivity contribution in [2.45, 2.75) is 26.8 Å². The first-order valence-corrected chi connectivity index (χ1v) is 7.58. The highest BCUT2D eigenvalue weighted by Crippen LogP contribution is 2.29. The van der Waals surface area contributed by atoms with Crippen LogP contribution in [0.2, 0.25) is 0 Å². The summed E-state index contributed by atoms with van der Waals surface area (Å²) >= 11 is 2.97. The van der Waals surface area contributed by atoms with Crippen molar-refractivity contribution in [3.63, 3.8) is 0 Å². The first-order chi connectivity index (χ1) is 11.1. The molecule has 0 aliphatic carbocycles. The van der Waals surface area contributed by atoms with Crippen LogP contribution in [0, 0.1) is 35.6 Å². The Kier molecular flexibility index (Phi) is 4.97. The van der Waals surface area contributed by atoms with Crippen molar-refractivity contribution >= 4 is 33.2 Å². The van der Waals surface area contributed by atoms with E-state index in [4.69, 9.17) is 0 Å². The Morgan fingerprint density at radius 3 is 2.54 bits per heavy atom. The molecule has 0 unspecified atom stereocenters. The van der Waals surface area contributed by atoms with Gasteiger partial charge in [0, 0.05) is 10.5 Å². The normalized spacial score (nSPS) is 12.1. The second-order valence-electron chi connectivity index (χ2n) is 5.13. The van der Waals surface area contributed by atoms with E-state index in [1.54, 1.807) is 0 Å². The predicted molar refractivity (Wildman–Crippen MR) is 85.8 cm³/mol. The second kappa shape index (κ2) is 6.63. The Morgan fingerprint density at radius 2 is 2.04 bits per heavy atom. The van der Waals surface area contributed by atoms with E-state index in [2.05, 4.69) is 26.3 Å². The zero-order chi connectivity index (χ0) is 18.2. The number of nitro groups is 1. The minimum atomic E-state index is -0.943. The number of amides is 1. The molecule has 2 aromatic rings. The molecule has 0 bridgehead atoms. The molecule has 10 heteroatoms. The van der Waals surface area contributed by atoms with Gasteiger partial charge < -0.3 is 5.32 Å². The van der Waals surface area contributed by atoms with Crippen LogP contribution in [0.3, 0.4) is 0 Å². The van der Waals surface area contributed by atoms with Crippen molar-refractivity contribution in [1.82, 2.24) is 9.78 Å². The molecular formula is C14H13BrF2N4O3. The van der Waals surface area contributed by atoms with Gasteiger partial charge in [-0.15, -0.1) is 0 Å². The summed E-state index contributed by atoms with van der Waals surface area (Å²) in [4.78, 5) is 22.8. The van der Waals surface area contributed by atoms with Crippen LogP contribution in [-0.2, 0) is 4.79 Å². The molecule has 1 amide bonds. The minimum absolute atomic E-state index is 0.0416. The summed E-state index contributed by atoms with van der Waals surface area (Å²) in [6.07, 6.45) is 0. The van der Waals surface area contributed by atoms with Gasteiger partial charge in [0.25, 0.3) is 0 Å². The van der Waals surface area contributed by atoms with Crippen molar-refractivity contribution in [1.29, 1.82) is 0 Å². The molecular weight excluding hydrogens is 390 g/mol. The number of carbonyl (C=O) groups is 1. The first-order valence-electron chi connectivity index (χ1n) is 6.79. The number of rotatable bonds is 4. The lowest BCUT2D eigenvalue weighted by Gasteiger charge is -2.15. The van der Waals surface area contributed by atoms with Crippen molar-refractivity contribution < 1.29 is 18.5 Å². The van der Waals surface area contributed by atoms with Gasteiger partial charge in [-0.25, -0.2) is 8.78 Å². The summed E-state index contributed by atoms with van der Waals surface area (Å²) in [5.41, 5.74) is -0.0156. The monoisotopic (exact) mass is 402 g/mol. The van der Waals surface area contributed by atoms with Gasteiger partial charge in [0.05, 0.1) is 10.6 Å². The van der Waals surface area contributed by atoms with Crippen molar-refractivity contribution in [3.8, 4) is 0 Å². The van der Waals surface area contributed by atoms with Crippen LogP contribution in [0.15, 0.2) is 16.6 Å². The van der Waals surface area contributed by atoms with Crippen LogP contribution >= 0.6 is 15.9 Å². The van der Waals surface area contributed by atoms with Crippen LogP contribution in [0.5, 0.6) is 0 Å². The average Bonchev–Trinajstić information content (AvgIpc) is 2.76. The number of halogens is 3. The van der Waals surface area contributed by atoms with Crippen molar-refractivity contribution in [2.75, 3.05) is 5.32 Å². The van der Waals surface area contributed by atoms with Gasteiger partial charge >= 0.3 is 5.69 Å². The fourth-order valence-corrected chi connectivity index (χ4v) is 2.80. The molecule has 0 radical (unpaired) electrons. The van der Waals surface area contributed by atoms with Gasteiger partial charge in [0.2, 0.25) is 5.91 Å². The molecule has 0 saturated carbocycles. The van der Waals surface area contributed by atoms with E-state index in [0.717, 1.165) is 6.07 Å². The smallest absolute Gasteiger partial charge is 0.312 e. The van der Waals surface area contributed by atoms with E-state index in [-0.39, 0.29) is 27.2 Å². The van der Waals surface area contributed by atoms with Crippen LogP contribution < -0.4 is 5.32 Å². The van der Waals surface area contributed by atoms with Gasteiger partial charge in [-0.05, 0) is 42.8 Å². The molecule has 1 heterocycles. The molecule has 1 atom stereocenters. The number of aryl methyl sites for hydroxylation is 1. The molecule has 0 spiro atoms. The maximum atomic E-state index is 13.8. The highest BCUT2D eigenvalue weighted by molar-refractivity contribution is 9.10. The Hall–Kier alpha value is -2.36. The van der Waals surface area contributed by atoms with E-state index >= 15 is 0 Å². The third kappa shape index (κ3) is 3.28. The lowest BCUT2D eigenvalue weighted by Crippen LogP contribution is -2.26. The van der Waals surface area contributed by atoms with Gasteiger partial charge in [-0.3, -0.25) is 19.6 Å². The lowest BCUT2D eigenvalue weighted by molar-refractivity contribution is -0.386. The zero-order valence-electron chi connectivity index (χ0n) is 12.9. The number of hydrogen-bond donors (Lipinski definition) is 1. The van der Waals surface area contributed by atoms with E-state index < -0.39 is 28.5 Å². The average molecular weight is 403 g/mol. The van der Waals surface area contributed by atoms with Crippen LogP contribution in [-0.4, -0.2) is 20.6 Å². The van der Waals surface area contributed by atoms with E-state index in [1.165, 1.54) is 25.5 Å². The fraction of sp³-hybridized carbons (Fsp3) is 0.286. The summed E-state index contributed by atoms with van der Waals surface area (Å²) in [5, 5.41) is 17.4. The number of anilines is 1. The molecule has 1 aromatic carbocycles. The van der Waals surface area contributed by atoms with Gasteiger partial charge in [-0.1, -0.05) is 0 Å². The molecule has 0 aliphatic rings. The van der Waals surface area contributed by atoms with Crippen LogP contribution in [0.25, 0.3) is 0 Å². The van der Waals surface area contributed by atoms with Gasteiger partial charge in [-0.2, -0.15) is 5.10 Å². The summed E-state index contributed by atoms with van der Waals surface area (Å²) in [5.74, 6) is -2.39. The topological polar surface area (TPSA) is 90.1 Å². The summed E-state index contributed by atoms with van der Waals surface area (Å²) in [6.45, 7) is 4.40. The SMILES string of the molecule is Cc1nn([C@H](C)C(=O)Nc2c(F)cc(F)cc2Br)c(C)c1[N+](=O)[O-]. The van der Waals surface area contributed by atoms with Crippen molar-refractivity contribution in [2.24, 2.45) is 0 Å². The van der Waals surface area contributed by atoms with Crippen LogP contribution in [0.4, 0.5) is 20.2 Å². The van der Waals surface area contributed by atoms with E-state index in [1.807, 2.05) is 0 Å². The number of hydrogen-bond acceptors (Lipinski definition) is 4. The van der Waals surface area contributed by atoms with E-state index in [0.29, 0.717) is 6.07 Å². The minimum Gasteiger partial charge on any atom is -0.321 e. The fourth-order valence-electron chi connectivity index (χ4n) is 2.30. The molecule has 0 saturated heterocycles. The largest absolute Gasteiger partial charge is 0.321 e. The molecule has 0 fully saturated rings. The standard InChI is InChI=1S/C14H13BrF2N4O3/c1-6-13(21(23)24)7(2)20(19-6)8(3)14(22)18-12-10(15)4-9(16)5-11(12)17/h4-5,8H,1-3H3,(H,18,22)/t8-/m1/s1.